The molecule has 0 bridgehead atoms. The second kappa shape index (κ2) is 56.2. The normalized spacial score (nSPS) is 12.7. The van der Waals surface area contributed by atoms with E-state index in [0.717, 1.165) is 96.3 Å². The molecule has 0 heterocycles. The molecule has 0 saturated heterocycles. The summed E-state index contributed by atoms with van der Waals surface area (Å²) in [5, 5.41) is 0. The maximum absolute atomic E-state index is 12.8. The third kappa shape index (κ3) is 53.5. The number of hydrogen-bond acceptors (Lipinski definition) is 6. The third-order valence-corrected chi connectivity index (χ3v) is 12.1. The molecular weight excluding hydrogens is 841 g/mol. The van der Waals surface area contributed by atoms with Gasteiger partial charge in [-0.25, -0.2) is 0 Å². The Labute approximate surface area is 420 Å². The summed E-state index contributed by atoms with van der Waals surface area (Å²) in [5.74, 6) is -0.939. The molecule has 6 nitrogen and oxygen atoms in total. The van der Waals surface area contributed by atoms with Crippen LogP contribution in [0.2, 0.25) is 0 Å². The number of ether oxygens (including phenoxy) is 3. The molecule has 0 N–H and O–H groups in total. The number of hydrogen-bond donors (Lipinski definition) is 0. The van der Waals surface area contributed by atoms with E-state index in [1.165, 1.54) is 128 Å². The fourth-order valence-electron chi connectivity index (χ4n) is 7.85. The predicted molar refractivity (Wildman–Crippen MR) is 293 cm³/mol. The van der Waals surface area contributed by atoms with Crippen LogP contribution in [0.15, 0.2) is 85.1 Å². The van der Waals surface area contributed by atoms with Crippen LogP contribution in [0.25, 0.3) is 0 Å². The number of unbranched alkanes of at least 4 members (excludes halogenated alkanes) is 26. The SMILES string of the molecule is CC/C=C\C/C=C\C/C=C\C/C=C\CCCCC(=O)OC(COC(=O)CCCCCCCCCC/C=C\C/C=C\C/C=C\CCCCCCC)COC(=O)CCCCCCCCCCCCCC. The molecule has 6 heteroatoms. The van der Waals surface area contributed by atoms with Gasteiger partial charge in [-0.15, -0.1) is 0 Å². The summed E-state index contributed by atoms with van der Waals surface area (Å²) in [4.78, 5) is 38.1. The molecule has 0 aromatic rings. The number of carbonyl (C=O) groups excluding carboxylic acids is 3. The van der Waals surface area contributed by atoms with Gasteiger partial charge in [0.1, 0.15) is 13.2 Å². The lowest BCUT2D eigenvalue weighted by molar-refractivity contribution is -0.167. The molecule has 0 amide bonds. The molecule has 0 saturated carbocycles. The van der Waals surface area contributed by atoms with Crippen LogP contribution in [0.3, 0.4) is 0 Å². The van der Waals surface area contributed by atoms with Crippen molar-refractivity contribution in [2.24, 2.45) is 0 Å². The van der Waals surface area contributed by atoms with Gasteiger partial charge in [-0.1, -0.05) is 241 Å². The highest BCUT2D eigenvalue weighted by Gasteiger charge is 2.19. The summed E-state index contributed by atoms with van der Waals surface area (Å²) in [6.45, 7) is 6.48. The lowest BCUT2D eigenvalue weighted by Crippen LogP contribution is -2.30. The van der Waals surface area contributed by atoms with E-state index >= 15 is 0 Å². The molecule has 0 aliphatic rings. The van der Waals surface area contributed by atoms with Crippen molar-refractivity contribution < 1.29 is 28.6 Å². The van der Waals surface area contributed by atoms with E-state index in [4.69, 9.17) is 14.2 Å². The largest absolute Gasteiger partial charge is 0.462 e. The zero-order valence-electron chi connectivity index (χ0n) is 44.6. The van der Waals surface area contributed by atoms with Gasteiger partial charge in [0.15, 0.2) is 6.10 Å². The van der Waals surface area contributed by atoms with Crippen molar-refractivity contribution >= 4 is 17.9 Å². The Morgan fingerprint density at radius 2 is 0.574 bits per heavy atom. The first-order valence-corrected chi connectivity index (χ1v) is 28.6. The van der Waals surface area contributed by atoms with E-state index in [9.17, 15) is 14.4 Å². The Morgan fingerprint density at radius 1 is 0.309 bits per heavy atom. The van der Waals surface area contributed by atoms with Gasteiger partial charge >= 0.3 is 17.9 Å². The molecule has 0 radical (unpaired) electrons. The summed E-state index contributed by atoms with van der Waals surface area (Å²) >= 11 is 0. The fraction of sp³-hybridized carbons (Fsp3) is 0.726. The van der Waals surface area contributed by atoms with Crippen LogP contribution in [0.5, 0.6) is 0 Å². The average molecular weight is 948 g/mol. The zero-order chi connectivity index (χ0) is 49.3. The summed E-state index contributed by atoms with van der Waals surface area (Å²) in [5.41, 5.74) is 0. The summed E-state index contributed by atoms with van der Waals surface area (Å²) in [6, 6.07) is 0. The van der Waals surface area contributed by atoms with Gasteiger partial charge in [-0.05, 0) is 96.3 Å². The number of carbonyl (C=O) groups is 3. The minimum atomic E-state index is -0.800. The minimum absolute atomic E-state index is 0.0941. The first kappa shape index (κ1) is 64.6. The van der Waals surface area contributed by atoms with Gasteiger partial charge in [0.25, 0.3) is 0 Å². The monoisotopic (exact) mass is 947 g/mol. The summed E-state index contributed by atoms with van der Waals surface area (Å²) in [7, 11) is 0. The molecule has 0 aliphatic heterocycles. The van der Waals surface area contributed by atoms with E-state index in [2.05, 4.69) is 106 Å². The van der Waals surface area contributed by atoms with Gasteiger partial charge in [0, 0.05) is 19.3 Å². The van der Waals surface area contributed by atoms with Crippen molar-refractivity contribution in [1.82, 2.24) is 0 Å². The van der Waals surface area contributed by atoms with Crippen molar-refractivity contribution in [2.45, 2.75) is 277 Å². The van der Waals surface area contributed by atoms with E-state index < -0.39 is 6.10 Å². The van der Waals surface area contributed by atoms with Crippen molar-refractivity contribution in [2.75, 3.05) is 13.2 Å². The van der Waals surface area contributed by atoms with E-state index in [0.29, 0.717) is 19.3 Å². The first-order valence-electron chi connectivity index (χ1n) is 28.6. The maximum Gasteiger partial charge on any atom is 0.306 e. The molecule has 68 heavy (non-hydrogen) atoms. The van der Waals surface area contributed by atoms with Gasteiger partial charge < -0.3 is 14.2 Å². The first-order chi connectivity index (χ1) is 33.5. The number of rotatable bonds is 51. The lowest BCUT2D eigenvalue weighted by Gasteiger charge is -2.18. The average Bonchev–Trinajstić information content (AvgIpc) is 3.34. The Bertz CT molecular complexity index is 1320. The van der Waals surface area contributed by atoms with Crippen molar-refractivity contribution in [1.29, 1.82) is 0 Å². The van der Waals surface area contributed by atoms with Crippen molar-refractivity contribution in [3.63, 3.8) is 0 Å². The summed E-state index contributed by atoms with van der Waals surface area (Å²) in [6.07, 6.45) is 72.9. The zero-order valence-corrected chi connectivity index (χ0v) is 44.6. The molecule has 0 aromatic heterocycles. The smallest absolute Gasteiger partial charge is 0.306 e. The van der Waals surface area contributed by atoms with Crippen LogP contribution >= 0.6 is 0 Å². The second-order valence-corrected chi connectivity index (χ2v) is 18.8. The molecule has 0 fully saturated rings. The maximum atomic E-state index is 12.8. The van der Waals surface area contributed by atoms with Crippen LogP contribution in [0.1, 0.15) is 271 Å². The molecule has 0 aromatic carbocycles. The molecule has 1 atom stereocenters. The quantitative estimate of drug-likeness (QED) is 0.0262. The van der Waals surface area contributed by atoms with Gasteiger partial charge in [-0.3, -0.25) is 14.4 Å². The topological polar surface area (TPSA) is 78.9 Å². The van der Waals surface area contributed by atoms with E-state index in [1.54, 1.807) is 0 Å². The van der Waals surface area contributed by atoms with Crippen LogP contribution in [0.4, 0.5) is 0 Å². The summed E-state index contributed by atoms with van der Waals surface area (Å²) < 4.78 is 16.8. The minimum Gasteiger partial charge on any atom is -0.462 e. The Morgan fingerprint density at radius 3 is 0.926 bits per heavy atom. The lowest BCUT2D eigenvalue weighted by atomic mass is 10.0. The molecule has 0 spiro atoms. The van der Waals surface area contributed by atoms with E-state index in [-0.39, 0.29) is 37.5 Å². The van der Waals surface area contributed by atoms with Gasteiger partial charge in [0.05, 0.1) is 0 Å². The number of allylic oxidation sites excluding steroid dienone is 14. The molecule has 0 rings (SSSR count). The number of esters is 3. The van der Waals surface area contributed by atoms with Crippen LogP contribution in [0, 0.1) is 0 Å². The fourth-order valence-corrected chi connectivity index (χ4v) is 7.85. The standard InChI is InChI=1S/C62H106O6/c1-4-7-10-13-16-19-22-25-27-28-29-30-31-32-33-34-36-37-40-43-46-49-52-55-61(64)67-58-59(57-66-60(63)54-51-48-45-42-39-24-21-18-15-12-9-6-3)68-62(65)56-53-50-47-44-41-38-35-26-23-20-17-14-11-8-5-2/h8,11,17,20,22,25-26,28-29,31-32,35,41,44,59H,4-7,9-10,12-16,18-19,21,23-24,27,30,33-34,36-40,42-43,45-58H2,1-3H3/b11-8-,20-17-,25-22-,29-28-,32-31-,35-26-,44-41-. The van der Waals surface area contributed by atoms with Gasteiger partial charge in [0.2, 0.25) is 0 Å². The third-order valence-electron chi connectivity index (χ3n) is 12.1. The van der Waals surface area contributed by atoms with Crippen molar-refractivity contribution in [3.05, 3.63) is 85.1 Å². The molecule has 390 valence electrons. The van der Waals surface area contributed by atoms with E-state index in [1.807, 2.05) is 0 Å². The Hall–Kier alpha value is -3.41. The highest BCUT2D eigenvalue weighted by Crippen LogP contribution is 2.15. The highest BCUT2D eigenvalue weighted by atomic mass is 16.6. The predicted octanol–water partition coefficient (Wildman–Crippen LogP) is 19.2. The van der Waals surface area contributed by atoms with Crippen LogP contribution < -0.4 is 0 Å². The second-order valence-electron chi connectivity index (χ2n) is 18.8. The molecular formula is C62H106O6. The van der Waals surface area contributed by atoms with Crippen LogP contribution in [-0.2, 0) is 28.6 Å². The van der Waals surface area contributed by atoms with Crippen molar-refractivity contribution in [3.8, 4) is 0 Å². The Kier molecular flexibility index (Phi) is 53.4. The molecule has 1 unspecified atom stereocenters. The Balaban J connectivity index is 4.37. The van der Waals surface area contributed by atoms with Gasteiger partial charge in [-0.2, -0.15) is 0 Å². The van der Waals surface area contributed by atoms with Crippen LogP contribution in [-0.4, -0.2) is 37.2 Å². The highest BCUT2D eigenvalue weighted by molar-refractivity contribution is 5.71. The molecule has 0 aliphatic carbocycles.